The number of para-hydroxylation sites is 1. The zero-order valence-electron chi connectivity index (χ0n) is 21.2. The fourth-order valence-corrected chi connectivity index (χ4v) is 5.75. The highest BCUT2D eigenvalue weighted by Gasteiger charge is 2.20. The molecule has 0 atom stereocenters. The van der Waals surface area contributed by atoms with Crippen LogP contribution in [0.1, 0.15) is 0 Å². The van der Waals surface area contributed by atoms with Crippen molar-refractivity contribution in [1.29, 1.82) is 0 Å². The second-order valence-electron chi connectivity index (χ2n) is 9.76. The molecular weight excluding hydrogens is 514 g/mol. The maximum atomic E-state index is 6.62. The summed E-state index contributed by atoms with van der Waals surface area (Å²) in [5.74, 6) is 1.78. The van der Waals surface area contributed by atoms with E-state index in [1.54, 1.807) is 0 Å². The lowest BCUT2D eigenvalue weighted by atomic mass is 9.96. The molecule has 2 heterocycles. The monoisotopic (exact) mass is 533 g/mol. The first-order valence-electron chi connectivity index (χ1n) is 13.1. The first-order chi connectivity index (χ1) is 19.7. The molecule has 0 aliphatic carbocycles. The minimum atomic E-state index is 0.549. The Balaban J connectivity index is 1.47. The van der Waals surface area contributed by atoms with Crippen molar-refractivity contribution in [2.75, 3.05) is 0 Å². The number of furan rings is 1. The quantitative estimate of drug-likeness (QED) is 0.212. The van der Waals surface area contributed by atoms with Crippen LogP contribution < -0.4 is 0 Å². The summed E-state index contributed by atoms with van der Waals surface area (Å²) in [6.07, 6.45) is 0. The third-order valence-corrected chi connectivity index (χ3v) is 7.69. The molecule has 0 aliphatic heterocycles. The normalized spacial score (nSPS) is 11.6. The molecule has 8 aromatic rings. The van der Waals surface area contributed by atoms with E-state index in [0.29, 0.717) is 28.1 Å². The Morgan fingerprint density at radius 3 is 1.95 bits per heavy atom. The van der Waals surface area contributed by atoms with Gasteiger partial charge in [-0.05, 0) is 45.8 Å². The molecule has 188 valence electrons. The van der Waals surface area contributed by atoms with Gasteiger partial charge in [-0.15, -0.1) is 0 Å². The van der Waals surface area contributed by atoms with E-state index in [1.807, 2.05) is 66.7 Å². The Morgan fingerprint density at radius 1 is 0.500 bits per heavy atom. The van der Waals surface area contributed by atoms with Crippen LogP contribution in [0.2, 0.25) is 5.02 Å². The van der Waals surface area contributed by atoms with Crippen molar-refractivity contribution < 1.29 is 4.42 Å². The Bertz CT molecular complexity index is 2240. The van der Waals surface area contributed by atoms with E-state index in [9.17, 15) is 0 Å². The number of hydrogen-bond acceptors (Lipinski definition) is 4. The van der Waals surface area contributed by atoms with E-state index in [0.717, 1.165) is 49.2 Å². The van der Waals surface area contributed by atoms with Crippen LogP contribution in [-0.2, 0) is 0 Å². The van der Waals surface area contributed by atoms with Crippen molar-refractivity contribution in [2.24, 2.45) is 0 Å². The average molecular weight is 534 g/mol. The molecule has 2 aromatic heterocycles. The molecule has 0 fully saturated rings. The molecule has 0 N–H and O–H groups in total. The predicted molar refractivity (Wildman–Crippen MR) is 163 cm³/mol. The van der Waals surface area contributed by atoms with Gasteiger partial charge in [-0.2, -0.15) is 0 Å². The molecule has 6 aromatic carbocycles. The number of halogens is 1. The summed E-state index contributed by atoms with van der Waals surface area (Å²) < 4.78 is 6.18. The van der Waals surface area contributed by atoms with E-state index in [4.69, 9.17) is 31.0 Å². The fourth-order valence-electron chi connectivity index (χ4n) is 5.56. The smallest absolute Gasteiger partial charge is 0.164 e. The predicted octanol–water partition coefficient (Wildman–Crippen LogP) is 9.73. The number of fused-ring (bicyclic) bond motifs is 6. The van der Waals surface area contributed by atoms with Gasteiger partial charge in [0.1, 0.15) is 5.58 Å². The molecule has 0 unspecified atom stereocenters. The number of aromatic nitrogens is 3. The van der Waals surface area contributed by atoms with Crippen LogP contribution >= 0.6 is 11.6 Å². The van der Waals surface area contributed by atoms with E-state index in [-0.39, 0.29) is 0 Å². The highest BCUT2D eigenvalue weighted by atomic mass is 35.5. The minimum absolute atomic E-state index is 0.549. The lowest BCUT2D eigenvalue weighted by molar-refractivity contribution is 0.669. The van der Waals surface area contributed by atoms with E-state index in [1.165, 1.54) is 5.39 Å². The maximum absolute atomic E-state index is 6.62. The molecule has 0 spiro atoms. The van der Waals surface area contributed by atoms with Crippen molar-refractivity contribution in [3.63, 3.8) is 0 Å². The summed E-state index contributed by atoms with van der Waals surface area (Å²) in [6, 6.07) is 40.8. The van der Waals surface area contributed by atoms with Crippen LogP contribution in [0.4, 0.5) is 0 Å². The Labute approximate surface area is 234 Å². The molecule has 0 aliphatic rings. The SMILES string of the molecule is Clc1ccc(-c2nc(-c3ccccc3)nc(-c3cc4ccccc4c4ccccc34)n2)c2c1oc1ccccc12. The summed E-state index contributed by atoms with van der Waals surface area (Å²) in [5.41, 5.74) is 4.11. The zero-order chi connectivity index (χ0) is 26.6. The molecule has 4 nitrogen and oxygen atoms in total. The van der Waals surface area contributed by atoms with Crippen LogP contribution in [0.5, 0.6) is 0 Å². The Kier molecular flexibility index (Phi) is 5.15. The highest BCUT2D eigenvalue weighted by Crippen LogP contribution is 2.40. The summed E-state index contributed by atoms with van der Waals surface area (Å²) in [5, 5.41) is 6.99. The Morgan fingerprint density at radius 2 is 1.12 bits per heavy atom. The molecular formula is C35H20ClN3O. The van der Waals surface area contributed by atoms with E-state index >= 15 is 0 Å². The molecule has 40 heavy (non-hydrogen) atoms. The van der Waals surface area contributed by atoms with Crippen LogP contribution in [0.25, 0.3) is 77.6 Å². The lowest BCUT2D eigenvalue weighted by Crippen LogP contribution is -2.01. The number of hydrogen-bond donors (Lipinski definition) is 0. The molecule has 0 amide bonds. The summed E-state index contributed by atoms with van der Waals surface area (Å²) in [4.78, 5) is 15.1. The summed E-state index contributed by atoms with van der Waals surface area (Å²) in [7, 11) is 0. The molecule has 0 saturated carbocycles. The molecule has 8 rings (SSSR count). The van der Waals surface area contributed by atoms with Gasteiger partial charge in [-0.1, -0.05) is 109 Å². The fraction of sp³-hybridized carbons (Fsp3) is 0. The van der Waals surface area contributed by atoms with Gasteiger partial charge < -0.3 is 4.42 Å². The van der Waals surface area contributed by atoms with Gasteiger partial charge in [0.25, 0.3) is 0 Å². The van der Waals surface area contributed by atoms with Crippen LogP contribution in [0.15, 0.2) is 126 Å². The molecule has 5 heteroatoms. The van der Waals surface area contributed by atoms with Crippen LogP contribution in [0, 0.1) is 0 Å². The minimum Gasteiger partial charge on any atom is -0.454 e. The first-order valence-corrected chi connectivity index (χ1v) is 13.4. The Hall–Kier alpha value is -5.06. The van der Waals surface area contributed by atoms with Gasteiger partial charge in [0.05, 0.1) is 5.02 Å². The van der Waals surface area contributed by atoms with Crippen molar-refractivity contribution in [2.45, 2.75) is 0 Å². The molecule has 0 saturated heterocycles. The van der Waals surface area contributed by atoms with Crippen molar-refractivity contribution in [3.8, 4) is 34.2 Å². The van der Waals surface area contributed by atoms with Crippen molar-refractivity contribution >= 4 is 55.1 Å². The lowest BCUT2D eigenvalue weighted by Gasteiger charge is -2.13. The van der Waals surface area contributed by atoms with Crippen molar-refractivity contribution in [1.82, 2.24) is 15.0 Å². The zero-order valence-corrected chi connectivity index (χ0v) is 21.9. The van der Waals surface area contributed by atoms with Gasteiger partial charge in [0.2, 0.25) is 0 Å². The van der Waals surface area contributed by atoms with Gasteiger partial charge in [-0.25, -0.2) is 15.0 Å². The number of nitrogens with zero attached hydrogens (tertiary/aromatic N) is 3. The average Bonchev–Trinajstić information content (AvgIpc) is 3.42. The topological polar surface area (TPSA) is 51.8 Å². The molecule has 0 radical (unpaired) electrons. The van der Waals surface area contributed by atoms with E-state index in [2.05, 4.69) is 54.6 Å². The number of benzene rings is 6. The first kappa shape index (κ1) is 22.9. The summed E-state index contributed by atoms with van der Waals surface area (Å²) in [6.45, 7) is 0. The summed E-state index contributed by atoms with van der Waals surface area (Å²) >= 11 is 6.62. The number of rotatable bonds is 3. The van der Waals surface area contributed by atoms with Gasteiger partial charge >= 0.3 is 0 Å². The third kappa shape index (κ3) is 3.58. The second kappa shape index (κ2) is 9.01. The third-order valence-electron chi connectivity index (χ3n) is 7.40. The molecule has 0 bridgehead atoms. The second-order valence-corrected chi connectivity index (χ2v) is 10.2. The van der Waals surface area contributed by atoms with Crippen LogP contribution in [0.3, 0.4) is 0 Å². The van der Waals surface area contributed by atoms with E-state index < -0.39 is 0 Å². The standard InChI is InChI=1S/C35H20ClN3O/c36-29-19-18-27(31-26-16-8-9-17-30(26)40-32(29)31)34-37-33(21-10-2-1-3-11-21)38-35(39-34)28-20-22-12-4-5-13-23(22)24-14-6-7-15-25(24)28/h1-20H. The van der Waals surface area contributed by atoms with Gasteiger partial charge in [0.15, 0.2) is 23.1 Å². The highest BCUT2D eigenvalue weighted by molar-refractivity contribution is 6.36. The van der Waals surface area contributed by atoms with Gasteiger partial charge in [0, 0.05) is 27.5 Å². The van der Waals surface area contributed by atoms with Crippen LogP contribution in [-0.4, -0.2) is 15.0 Å². The van der Waals surface area contributed by atoms with Crippen molar-refractivity contribution in [3.05, 3.63) is 126 Å². The van der Waals surface area contributed by atoms with Gasteiger partial charge in [-0.3, -0.25) is 0 Å². The largest absolute Gasteiger partial charge is 0.454 e. The maximum Gasteiger partial charge on any atom is 0.164 e.